The summed E-state index contributed by atoms with van der Waals surface area (Å²) in [6.45, 7) is -3.11. The molecule has 0 saturated heterocycles. The maximum absolute atomic E-state index is 14.3. The zero-order valence-electron chi connectivity index (χ0n) is 11.6. The van der Waals surface area contributed by atoms with Crippen molar-refractivity contribution in [3.05, 3.63) is 46.6 Å². The van der Waals surface area contributed by atoms with Gasteiger partial charge in [-0.05, 0) is 24.3 Å². The molecule has 0 radical (unpaired) electrons. The van der Waals surface area contributed by atoms with Crippen LogP contribution in [0.2, 0.25) is 10.2 Å². The molecule has 0 spiro atoms. The van der Waals surface area contributed by atoms with Gasteiger partial charge in [0, 0.05) is 0 Å². The van der Waals surface area contributed by atoms with E-state index < -0.39 is 23.2 Å². The largest absolute Gasteiger partial charge is 0.433 e. The predicted octanol–water partition coefficient (Wildman–Crippen LogP) is 4.82. The van der Waals surface area contributed by atoms with Crippen molar-refractivity contribution in [1.29, 1.82) is 0 Å². The quantitative estimate of drug-likeness (QED) is 0.663. The van der Waals surface area contributed by atoms with Gasteiger partial charge in [-0.2, -0.15) is 8.78 Å². The molecule has 124 valence electrons. The molecule has 0 saturated carbocycles. The van der Waals surface area contributed by atoms with Crippen LogP contribution in [-0.4, -0.2) is 21.6 Å². The molecular weight excluding hydrogens is 368 g/mol. The third-order valence-electron chi connectivity index (χ3n) is 2.96. The molecule has 1 N–H and O–H groups in total. The smallest absolute Gasteiger partial charge is 0.387 e. The monoisotopic (exact) mass is 374 g/mol. The molecule has 3 rings (SSSR count). The van der Waals surface area contributed by atoms with Crippen LogP contribution in [0.15, 0.2) is 30.6 Å². The van der Waals surface area contributed by atoms with Crippen molar-refractivity contribution in [3.8, 4) is 5.75 Å². The minimum absolute atomic E-state index is 0.0941. The van der Waals surface area contributed by atoms with Crippen LogP contribution in [0.4, 0.5) is 24.7 Å². The van der Waals surface area contributed by atoms with Gasteiger partial charge in [0.05, 0.1) is 11.2 Å². The summed E-state index contributed by atoms with van der Waals surface area (Å²) in [5.74, 6) is -1.26. The lowest BCUT2D eigenvalue weighted by molar-refractivity contribution is -0.0499. The fourth-order valence-corrected chi connectivity index (χ4v) is 2.31. The van der Waals surface area contributed by atoms with Crippen LogP contribution >= 0.6 is 23.2 Å². The number of alkyl halides is 2. The number of benzene rings is 1. The van der Waals surface area contributed by atoms with E-state index in [1.807, 2.05) is 0 Å². The van der Waals surface area contributed by atoms with Crippen molar-refractivity contribution in [1.82, 2.24) is 15.0 Å². The van der Waals surface area contributed by atoms with Gasteiger partial charge in [-0.25, -0.2) is 19.3 Å². The number of nitrogens with one attached hydrogen (secondary N) is 1. The molecular formula is C14H7Cl2F3N4O. The molecule has 3 aromatic rings. The standard InChI is InChI=1S/C14H7Cl2F3N4O/c15-9-4-2-7-12(23-9)13(21-5-20-7)22-6-1-3-8(24-14(18)19)10(16)11(6)17/h1-5,14H,(H,20,21,22). The summed E-state index contributed by atoms with van der Waals surface area (Å²) in [5.41, 5.74) is 0.706. The molecule has 0 aliphatic rings. The number of halogens is 5. The average Bonchev–Trinajstić information content (AvgIpc) is 2.54. The first-order valence-electron chi connectivity index (χ1n) is 6.43. The molecule has 0 aliphatic carbocycles. The minimum Gasteiger partial charge on any atom is -0.433 e. The fraction of sp³-hybridized carbons (Fsp3) is 0.0714. The Morgan fingerprint density at radius 2 is 1.88 bits per heavy atom. The van der Waals surface area contributed by atoms with Crippen molar-refractivity contribution in [2.75, 3.05) is 5.32 Å². The summed E-state index contributed by atoms with van der Waals surface area (Å²) in [6.07, 6.45) is 1.26. The van der Waals surface area contributed by atoms with Gasteiger partial charge in [0.1, 0.15) is 27.8 Å². The van der Waals surface area contributed by atoms with Crippen LogP contribution < -0.4 is 10.1 Å². The Morgan fingerprint density at radius 3 is 2.62 bits per heavy atom. The van der Waals surface area contributed by atoms with Crippen LogP contribution in [-0.2, 0) is 0 Å². The number of hydrogen-bond donors (Lipinski definition) is 1. The fourth-order valence-electron chi connectivity index (χ4n) is 1.95. The van der Waals surface area contributed by atoms with E-state index >= 15 is 0 Å². The summed E-state index contributed by atoms with van der Waals surface area (Å²) >= 11 is 11.6. The molecule has 24 heavy (non-hydrogen) atoms. The molecule has 1 aromatic carbocycles. The lowest BCUT2D eigenvalue weighted by atomic mass is 10.2. The van der Waals surface area contributed by atoms with E-state index in [0.29, 0.717) is 11.0 Å². The molecule has 0 fully saturated rings. The van der Waals surface area contributed by atoms with Gasteiger partial charge < -0.3 is 10.1 Å². The number of hydrogen-bond acceptors (Lipinski definition) is 5. The highest BCUT2D eigenvalue weighted by Gasteiger charge is 2.17. The topological polar surface area (TPSA) is 59.9 Å². The summed E-state index contributed by atoms with van der Waals surface area (Å²) in [5, 5.41) is 2.32. The predicted molar refractivity (Wildman–Crippen MR) is 83.7 cm³/mol. The highest BCUT2D eigenvalue weighted by atomic mass is 35.5. The summed E-state index contributed by atoms with van der Waals surface area (Å²) in [6, 6.07) is 5.48. The van der Waals surface area contributed by atoms with Crippen molar-refractivity contribution in [2.45, 2.75) is 6.61 Å². The first kappa shape index (κ1) is 16.5. The van der Waals surface area contributed by atoms with Gasteiger partial charge in [-0.15, -0.1) is 0 Å². The molecule has 0 unspecified atom stereocenters. The third-order valence-corrected chi connectivity index (χ3v) is 3.53. The van der Waals surface area contributed by atoms with Gasteiger partial charge in [0.2, 0.25) is 0 Å². The van der Waals surface area contributed by atoms with E-state index in [1.54, 1.807) is 12.1 Å². The third kappa shape index (κ3) is 3.29. The van der Waals surface area contributed by atoms with Gasteiger partial charge in [-0.3, -0.25) is 0 Å². The molecule has 0 bridgehead atoms. The maximum atomic E-state index is 14.3. The normalized spacial score (nSPS) is 11.1. The van der Waals surface area contributed by atoms with E-state index in [2.05, 4.69) is 25.0 Å². The number of pyridine rings is 1. The van der Waals surface area contributed by atoms with Crippen LogP contribution in [0.3, 0.4) is 0 Å². The second-order valence-electron chi connectivity index (χ2n) is 4.47. The van der Waals surface area contributed by atoms with Crippen LogP contribution in [0.25, 0.3) is 11.0 Å². The van der Waals surface area contributed by atoms with E-state index in [1.165, 1.54) is 12.4 Å². The zero-order chi connectivity index (χ0) is 17.3. The Morgan fingerprint density at radius 1 is 1.08 bits per heavy atom. The van der Waals surface area contributed by atoms with Gasteiger partial charge in [0.15, 0.2) is 11.6 Å². The second-order valence-corrected chi connectivity index (χ2v) is 5.23. The molecule has 0 aliphatic heterocycles. The van der Waals surface area contributed by atoms with Crippen LogP contribution in [0.1, 0.15) is 0 Å². The molecule has 2 aromatic heterocycles. The maximum Gasteiger partial charge on any atom is 0.387 e. The molecule has 0 atom stereocenters. The van der Waals surface area contributed by atoms with Gasteiger partial charge in [0.25, 0.3) is 0 Å². The van der Waals surface area contributed by atoms with Gasteiger partial charge >= 0.3 is 6.61 Å². The number of ether oxygens (including phenoxy) is 1. The Bertz CT molecular complexity index is 911. The number of fused-ring (bicyclic) bond motifs is 1. The molecule has 10 heteroatoms. The minimum atomic E-state index is -3.11. The van der Waals surface area contributed by atoms with E-state index in [9.17, 15) is 13.2 Å². The highest BCUT2D eigenvalue weighted by molar-refractivity contribution is 6.32. The van der Waals surface area contributed by atoms with Crippen molar-refractivity contribution in [2.24, 2.45) is 0 Å². The SMILES string of the molecule is Fc1c(Nc2ncnc3ccc(Cl)nc23)ccc(OC(F)F)c1Cl. The zero-order valence-corrected chi connectivity index (χ0v) is 13.1. The molecule has 5 nitrogen and oxygen atoms in total. The average molecular weight is 375 g/mol. The van der Waals surface area contributed by atoms with Crippen molar-refractivity contribution < 1.29 is 17.9 Å². The first-order valence-corrected chi connectivity index (χ1v) is 7.18. The van der Waals surface area contributed by atoms with E-state index in [4.69, 9.17) is 23.2 Å². The Kier molecular flexibility index (Phi) is 4.59. The Hall–Kier alpha value is -2.32. The molecule has 0 amide bonds. The Labute approximate surface area is 143 Å². The van der Waals surface area contributed by atoms with E-state index in [-0.39, 0.29) is 16.7 Å². The molecule has 2 heterocycles. The summed E-state index contributed by atoms with van der Waals surface area (Å²) in [7, 11) is 0. The highest BCUT2D eigenvalue weighted by Crippen LogP contribution is 2.34. The van der Waals surface area contributed by atoms with Crippen molar-refractivity contribution >= 4 is 45.7 Å². The lowest BCUT2D eigenvalue weighted by Gasteiger charge is -2.12. The second kappa shape index (κ2) is 6.66. The van der Waals surface area contributed by atoms with Crippen LogP contribution in [0, 0.1) is 5.82 Å². The van der Waals surface area contributed by atoms with Gasteiger partial charge in [-0.1, -0.05) is 23.2 Å². The summed E-state index contributed by atoms with van der Waals surface area (Å²) in [4.78, 5) is 12.1. The Balaban J connectivity index is 2.00. The lowest BCUT2D eigenvalue weighted by Crippen LogP contribution is -2.05. The first-order chi connectivity index (χ1) is 11.5. The number of aromatic nitrogens is 3. The van der Waals surface area contributed by atoms with E-state index in [0.717, 1.165) is 6.07 Å². The van der Waals surface area contributed by atoms with Crippen molar-refractivity contribution in [3.63, 3.8) is 0 Å². The number of anilines is 2. The van der Waals surface area contributed by atoms with Crippen LogP contribution in [0.5, 0.6) is 5.75 Å². The number of rotatable bonds is 4. The number of nitrogens with zero attached hydrogens (tertiary/aromatic N) is 3. The summed E-state index contributed by atoms with van der Waals surface area (Å²) < 4.78 is 42.9.